The Kier molecular flexibility index (Phi) is 2.85. The predicted octanol–water partition coefficient (Wildman–Crippen LogP) is 2.26. The van der Waals surface area contributed by atoms with Crippen LogP contribution in [0.2, 0.25) is 0 Å². The molecule has 0 saturated heterocycles. The molecular weight excluding hydrogens is 218 g/mol. The van der Waals surface area contributed by atoms with Gasteiger partial charge in [0, 0.05) is 4.47 Å². The molecule has 0 fully saturated rings. The van der Waals surface area contributed by atoms with Crippen molar-refractivity contribution in [2.45, 2.75) is 27.4 Å². The largest absolute Gasteiger partial charge is 0.390 e. The molecule has 2 nitrogen and oxygen atoms in total. The third kappa shape index (κ3) is 1.52. The average Bonchev–Trinajstić information content (AvgIpc) is 2.08. The smallest absolute Gasteiger partial charge is 0.0855 e. The number of hydrogen-bond donors (Lipinski definition) is 1. The van der Waals surface area contributed by atoms with E-state index in [1.165, 1.54) is 0 Å². The first-order chi connectivity index (χ1) is 5.57. The molecule has 0 spiro atoms. The fourth-order valence-corrected chi connectivity index (χ4v) is 1.53. The first-order valence-corrected chi connectivity index (χ1v) is 4.60. The quantitative estimate of drug-likeness (QED) is 0.802. The van der Waals surface area contributed by atoms with Crippen LogP contribution in [0, 0.1) is 20.8 Å². The molecule has 12 heavy (non-hydrogen) atoms. The molecule has 0 amide bonds. The molecule has 0 aliphatic rings. The fraction of sp³-hybridized carbons (Fsp3) is 0.444. The molecule has 0 saturated carbocycles. The summed E-state index contributed by atoms with van der Waals surface area (Å²) in [7, 11) is 0. The summed E-state index contributed by atoms with van der Waals surface area (Å²) in [4.78, 5) is 4.25. The summed E-state index contributed by atoms with van der Waals surface area (Å²) in [5, 5.41) is 8.98. The van der Waals surface area contributed by atoms with Crippen molar-refractivity contribution in [2.75, 3.05) is 0 Å². The van der Waals surface area contributed by atoms with E-state index in [0.29, 0.717) is 0 Å². The van der Waals surface area contributed by atoms with Crippen LogP contribution >= 0.6 is 15.9 Å². The van der Waals surface area contributed by atoms with Gasteiger partial charge in [0.15, 0.2) is 0 Å². The number of halogens is 1. The second-order valence-corrected chi connectivity index (χ2v) is 3.66. The van der Waals surface area contributed by atoms with E-state index in [2.05, 4.69) is 20.9 Å². The Balaban J connectivity index is 3.39. The number of hydrogen-bond acceptors (Lipinski definition) is 2. The molecule has 3 heteroatoms. The van der Waals surface area contributed by atoms with Crippen LogP contribution in [0.1, 0.15) is 22.5 Å². The Morgan fingerprint density at radius 1 is 1.25 bits per heavy atom. The number of aromatic nitrogens is 1. The Hall–Kier alpha value is -0.410. The van der Waals surface area contributed by atoms with Gasteiger partial charge in [0.25, 0.3) is 0 Å². The molecular formula is C9H12BrNO. The number of aliphatic hydroxyl groups excluding tert-OH is 1. The van der Waals surface area contributed by atoms with Crippen LogP contribution in [0.4, 0.5) is 0 Å². The van der Waals surface area contributed by atoms with Gasteiger partial charge in [-0.2, -0.15) is 0 Å². The Morgan fingerprint density at radius 2 is 1.83 bits per heavy atom. The standard InChI is InChI=1S/C9H12BrNO/c1-5-6(2)9(10)7(3)11-8(5)4-12/h12H,4H2,1-3H3. The van der Waals surface area contributed by atoms with Crippen molar-refractivity contribution in [3.8, 4) is 0 Å². The zero-order valence-corrected chi connectivity index (χ0v) is 9.07. The van der Waals surface area contributed by atoms with Gasteiger partial charge in [-0.05, 0) is 47.8 Å². The second kappa shape index (κ2) is 3.54. The lowest BCUT2D eigenvalue weighted by atomic mass is 10.1. The SMILES string of the molecule is Cc1nc(CO)c(C)c(C)c1Br. The summed E-state index contributed by atoms with van der Waals surface area (Å²) in [5.41, 5.74) is 3.93. The first-order valence-electron chi connectivity index (χ1n) is 3.81. The number of rotatable bonds is 1. The molecule has 0 radical (unpaired) electrons. The van der Waals surface area contributed by atoms with E-state index in [4.69, 9.17) is 5.11 Å². The molecule has 0 unspecified atom stereocenters. The zero-order valence-electron chi connectivity index (χ0n) is 7.48. The van der Waals surface area contributed by atoms with Crippen LogP contribution in [0.3, 0.4) is 0 Å². The van der Waals surface area contributed by atoms with Gasteiger partial charge in [-0.1, -0.05) is 0 Å². The maximum atomic E-state index is 8.98. The van der Waals surface area contributed by atoms with Crippen LogP contribution in [0.5, 0.6) is 0 Å². The normalized spacial score (nSPS) is 10.4. The topological polar surface area (TPSA) is 33.1 Å². The molecule has 0 atom stereocenters. The maximum absolute atomic E-state index is 8.98. The summed E-state index contributed by atoms with van der Waals surface area (Å²) in [5.74, 6) is 0. The average molecular weight is 230 g/mol. The van der Waals surface area contributed by atoms with E-state index >= 15 is 0 Å². The van der Waals surface area contributed by atoms with Crippen LogP contribution in [-0.2, 0) is 6.61 Å². The van der Waals surface area contributed by atoms with Gasteiger partial charge >= 0.3 is 0 Å². The van der Waals surface area contributed by atoms with Crippen molar-refractivity contribution in [3.05, 3.63) is 27.0 Å². The fourth-order valence-electron chi connectivity index (χ4n) is 1.14. The Morgan fingerprint density at radius 3 is 2.33 bits per heavy atom. The van der Waals surface area contributed by atoms with Crippen LogP contribution in [-0.4, -0.2) is 10.1 Å². The minimum Gasteiger partial charge on any atom is -0.390 e. The van der Waals surface area contributed by atoms with Gasteiger partial charge in [-0.3, -0.25) is 4.98 Å². The van der Waals surface area contributed by atoms with Crippen LogP contribution < -0.4 is 0 Å². The van der Waals surface area contributed by atoms with Crippen molar-refractivity contribution in [2.24, 2.45) is 0 Å². The molecule has 1 N–H and O–H groups in total. The molecule has 0 aliphatic carbocycles. The summed E-state index contributed by atoms with van der Waals surface area (Å²) >= 11 is 3.45. The molecule has 66 valence electrons. The van der Waals surface area contributed by atoms with Crippen molar-refractivity contribution in [1.82, 2.24) is 4.98 Å². The minimum absolute atomic E-state index is 0.0147. The number of pyridine rings is 1. The monoisotopic (exact) mass is 229 g/mol. The van der Waals surface area contributed by atoms with Crippen molar-refractivity contribution < 1.29 is 5.11 Å². The predicted molar refractivity (Wildman–Crippen MR) is 52.1 cm³/mol. The van der Waals surface area contributed by atoms with E-state index < -0.39 is 0 Å². The number of nitrogens with zero attached hydrogens (tertiary/aromatic N) is 1. The van der Waals surface area contributed by atoms with Crippen molar-refractivity contribution in [1.29, 1.82) is 0 Å². The highest BCUT2D eigenvalue weighted by Crippen LogP contribution is 2.23. The lowest BCUT2D eigenvalue weighted by Gasteiger charge is -2.09. The number of aryl methyl sites for hydroxylation is 1. The molecule has 0 bridgehead atoms. The van der Waals surface area contributed by atoms with Gasteiger partial charge in [0.05, 0.1) is 18.0 Å². The van der Waals surface area contributed by atoms with E-state index in [-0.39, 0.29) is 6.61 Å². The Bertz CT molecular complexity index is 310. The Labute approximate surface area is 80.8 Å². The van der Waals surface area contributed by atoms with Gasteiger partial charge in [0.2, 0.25) is 0 Å². The van der Waals surface area contributed by atoms with Crippen LogP contribution in [0.25, 0.3) is 0 Å². The molecule has 0 aromatic carbocycles. The first kappa shape index (κ1) is 9.68. The van der Waals surface area contributed by atoms with E-state index in [1.807, 2.05) is 20.8 Å². The van der Waals surface area contributed by atoms with Gasteiger partial charge < -0.3 is 5.11 Å². The lowest BCUT2D eigenvalue weighted by Crippen LogP contribution is -2.00. The summed E-state index contributed by atoms with van der Waals surface area (Å²) in [6.07, 6.45) is 0. The maximum Gasteiger partial charge on any atom is 0.0855 e. The van der Waals surface area contributed by atoms with Gasteiger partial charge in [-0.25, -0.2) is 0 Å². The zero-order chi connectivity index (χ0) is 9.30. The minimum atomic E-state index is 0.0147. The lowest BCUT2D eigenvalue weighted by molar-refractivity contribution is 0.275. The summed E-state index contributed by atoms with van der Waals surface area (Å²) in [6.45, 7) is 5.93. The highest BCUT2D eigenvalue weighted by molar-refractivity contribution is 9.10. The molecule has 1 aromatic rings. The van der Waals surface area contributed by atoms with Crippen LogP contribution in [0.15, 0.2) is 4.47 Å². The van der Waals surface area contributed by atoms with Crippen molar-refractivity contribution in [3.63, 3.8) is 0 Å². The summed E-state index contributed by atoms with van der Waals surface area (Å²) in [6, 6.07) is 0. The highest BCUT2D eigenvalue weighted by atomic mass is 79.9. The van der Waals surface area contributed by atoms with E-state index in [0.717, 1.165) is 27.0 Å². The second-order valence-electron chi connectivity index (χ2n) is 2.87. The van der Waals surface area contributed by atoms with Gasteiger partial charge in [-0.15, -0.1) is 0 Å². The third-order valence-corrected chi connectivity index (χ3v) is 3.26. The van der Waals surface area contributed by atoms with E-state index in [9.17, 15) is 0 Å². The molecule has 0 aliphatic heterocycles. The molecule has 1 aromatic heterocycles. The van der Waals surface area contributed by atoms with Crippen molar-refractivity contribution >= 4 is 15.9 Å². The number of aliphatic hydroxyl groups is 1. The highest BCUT2D eigenvalue weighted by Gasteiger charge is 2.08. The summed E-state index contributed by atoms with van der Waals surface area (Å²) < 4.78 is 1.04. The van der Waals surface area contributed by atoms with E-state index in [1.54, 1.807) is 0 Å². The molecule has 1 rings (SSSR count). The third-order valence-electron chi connectivity index (χ3n) is 2.09. The van der Waals surface area contributed by atoms with Gasteiger partial charge in [0.1, 0.15) is 0 Å². The molecule has 1 heterocycles.